The number of rotatable bonds is 6. The van der Waals surface area contributed by atoms with Crippen LogP contribution in [-0.4, -0.2) is 17.8 Å². The van der Waals surface area contributed by atoms with Gasteiger partial charge in [0, 0.05) is 11.7 Å². The first kappa shape index (κ1) is 14.6. The molecule has 0 heterocycles. The molecule has 0 aliphatic heterocycles. The van der Waals surface area contributed by atoms with Gasteiger partial charge < -0.3 is 10.4 Å². The molecule has 2 unspecified atom stereocenters. The van der Waals surface area contributed by atoms with Gasteiger partial charge in [-0.3, -0.25) is 0 Å². The number of hydrogen-bond acceptors (Lipinski definition) is 2. The Labute approximate surface area is 121 Å². The number of anilines is 1. The molecule has 2 heteroatoms. The summed E-state index contributed by atoms with van der Waals surface area (Å²) in [7, 11) is 0. The Hall–Kier alpha value is -1.80. The quantitative estimate of drug-likeness (QED) is 0.832. The zero-order valence-corrected chi connectivity index (χ0v) is 12.2. The van der Waals surface area contributed by atoms with Gasteiger partial charge in [-0.25, -0.2) is 0 Å². The van der Waals surface area contributed by atoms with Crippen LogP contribution in [0.25, 0.3) is 0 Å². The van der Waals surface area contributed by atoms with Crippen molar-refractivity contribution in [2.24, 2.45) is 0 Å². The van der Waals surface area contributed by atoms with E-state index in [0.29, 0.717) is 5.92 Å². The van der Waals surface area contributed by atoms with Crippen molar-refractivity contribution in [3.05, 3.63) is 65.7 Å². The molecule has 0 spiro atoms. The van der Waals surface area contributed by atoms with Gasteiger partial charge in [-0.1, -0.05) is 55.5 Å². The van der Waals surface area contributed by atoms with Crippen molar-refractivity contribution >= 4 is 5.69 Å². The molecule has 2 nitrogen and oxygen atoms in total. The lowest BCUT2D eigenvalue weighted by Gasteiger charge is -2.22. The molecular weight excluding hydrogens is 246 g/mol. The number of hydrogen-bond donors (Lipinski definition) is 2. The van der Waals surface area contributed by atoms with E-state index in [1.165, 1.54) is 11.1 Å². The topological polar surface area (TPSA) is 32.3 Å². The molecule has 0 amide bonds. The first-order chi connectivity index (χ1) is 9.70. The van der Waals surface area contributed by atoms with Crippen LogP contribution in [-0.2, 0) is 0 Å². The van der Waals surface area contributed by atoms with E-state index in [0.717, 1.165) is 12.1 Å². The number of aliphatic hydroxyl groups is 1. The van der Waals surface area contributed by atoms with Gasteiger partial charge in [0.2, 0.25) is 0 Å². The Morgan fingerprint density at radius 2 is 1.65 bits per heavy atom. The first-order valence-corrected chi connectivity index (χ1v) is 7.18. The SMILES string of the molecule is Cc1ccccc1NC(CO)CC(C)c1ccccc1. The van der Waals surface area contributed by atoms with E-state index >= 15 is 0 Å². The third-order valence-corrected chi connectivity index (χ3v) is 3.73. The first-order valence-electron chi connectivity index (χ1n) is 7.18. The minimum atomic E-state index is 0.0753. The molecule has 0 fully saturated rings. The highest BCUT2D eigenvalue weighted by Gasteiger charge is 2.14. The molecule has 20 heavy (non-hydrogen) atoms. The average Bonchev–Trinajstić information content (AvgIpc) is 2.49. The maximum absolute atomic E-state index is 9.61. The summed E-state index contributed by atoms with van der Waals surface area (Å²) in [5, 5.41) is 13.1. The molecule has 0 aromatic heterocycles. The molecule has 0 saturated heterocycles. The van der Waals surface area contributed by atoms with Crippen LogP contribution in [0.1, 0.15) is 30.4 Å². The average molecular weight is 269 g/mol. The fraction of sp³-hybridized carbons (Fsp3) is 0.333. The molecule has 0 radical (unpaired) electrons. The van der Waals surface area contributed by atoms with Crippen molar-refractivity contribution in [3.63, 3.8) is 0 Å². The van der Waals surface area contributed by atoms with Crippen molar-refractivity contribution in [3.8, 4) is 0 Å². The van der Waals surface area contributed by atoms with Gasteiger partial charge in [0.05, 0.1) is 6.61 Å². The molecule has 2 aromatic rings. The monoisotopic (exact) mass is 269 g/mol. The smallest absolute Gasteiger partial charge is 0.0633 e. The van der Waals surface area contributed by atoms with Crippen molar-refractivity contribution in [2.75, 3.05) is 11.9 Å². The van der Waals surface area contributed by atoms with E-state index in [1.807, 2.05) is 18.2 Å². The van der Waals surface area contributed by atoms with Gasteiger partial charge in [0.25, 0.3) is 0 Å². The summed E-state index contributed by atoms with van der Waals surface area (Å²) in [6.45, 7) is 4.43. The minimum Gasteiger partial charge on any atom is -0.394 e. The van der Waals surface area contributed by atoms with Crippen LogP contribution in [0.3, 0.4) is 0 Å². The molecular formula is C18H23NO. The second-order valence-corrected chi connectivity index (χ2v) is 5.39. The third kappa shape index (κ3) is 3.84. The molecule has 0 bridgehead atoms. The maximum Gasteiger partial charge on any atom is 0.0633 e. The molecule has 2 N–H and O–H groups in total. The molecule has 2 rings (SSSR count). The highest BCUT2D eigenvalue weighted by atomic mass is 16.3. The number of nitrogens with one attached hydrogen (secondary N) is 1. The van der Waals surface area contributed by atoms with Crippen LogP contribution >= 0.6 is 0 Å². The summed E-state index contributed by atoms with van der Waals surface area (Å²) in [5.74, 6) is 0.421. The van der Waals surface area contributed by atoms with Gasteiger partial charge in [0.1, 0.15) is 0 Å². The highest BCUT2D eigenvalue weighted by molar-refractivity contribution is 5.51. The van der Waals surface area contributed by atoms with Crippen molar-refractivity contribution in [1.82, 2.24) is 0 Å². The highest BCUT2D eigenvalue weighted by Crippen LogP contribution is 2.23. The number of aryl methyl sites for hydroxylation is 1. The predicted molar refractivity (Wildman–Crippen MR) is 85.1 cm³/mol. The fourth-order valence-electron chi connectivity index (χ4n) is 2.48. The Kier molecular flexibility index (Phi) is 5.19. The Balaban J connectivity index is 2.01. The number of benzene rings is 2. The molecule has 2 atom stereocenters. The lowest BCUT2D eigenvalue weighted by Crippen LogP contribution is -2.26. The van der Waals surface area contributed by atoms with E-state index in [9.17, 15) is 5.11 Å². The number of para-hydroxylation sites is 1. The predicted octanol–water partition coefficient (Wildman–Crippen LogP) is 3.96. The second kappa shape index (κ2) is 7.11. The maximum atomic E-state index is 9.61. The van der Waals surface area contributed by atoms with E-state index in [2.05, 4.69) is 55.6 Å². The van der Waals surface area contributed by atoms with Gasteiger partial charge in [-0.2, -0.15) is 0 Å². The molecule has 2 aromatic carbocycles. The minimum absolute atomic E-state index is 0.0753. The van der Waals surface area contributed by atoms with E-state index in [4.69, 9.17) is 0 Å². The van der Waals surface area contributed by atoms with Crippen LogP contribution in [0.5, 0.6) is 0 Å². The van der Waals surface area contributed by atoms with Crippen LogP contribution in [0.4, 0.5) is 5.69 Å². The van der Waals surface area contributed by atoms with Gasteiger partial charge in [-0.15, -0.1) is 0 Å². The largest absolute Gasteiger partial charge is 0.394 e. The zero-order chi connectivity index (χ0) is 14.4. The van der Waals surface area contributed by atoms with E-state index in [-0.39, 0.29) is 12.6 Å². The normalized spacial score (nSPS) is 13.8. The molecule has 0 aliphatic carbocycles. The van der Waals surface area contributed by atoms with Crippen LogP contribution in [0, 0.1) is 6.92 Å². The van der Waals surface area contributed by atoms with Crippen molar-refractivity contribution in [1.29, 1.82) is 0 Å². The van der Waals surface area contributed by atoms with Crippen LogP contribution in [0.15, 0.2) is 54.6 Å². The summed E-state index contributed by atoms with van der Waals surface area (Å²) in [6.07, 6.45) is 0.912. The molecule has 0 aliphatic rings. The summed E-state index contributed by atoms with van der Waals surface area (Å²) in [6, 6.07) is 18.7. The lowest BCUT2D eigenvalue weighted by atomic mass is 9.94. The lowest BCUT2D eigenvalue weighted by molar-refractivity contribution is 0.264. The van der Waals surface area contributed by atoms with E-state index in [1.54, 1.807) is 0 Å². The van der Waals surface area contributed by atoms with Crippen LogP contribution in [0.2, 0.25) is 0 Å². The standard InChI is InChI=1S/C18H23NO/c1-14-8-6-7-11-18(14)19-17(13-20)12-15(2)16-9-4-3-5-10-16/h3-11,15,17,19-20H,12-13H2,1-2H3. The fourth-order valence-corrected chi connectivity index (χ4v) is 2.48. The third-order valence-electron chi connectivity index (χ3n) is 3.73. The van der Waals surface area contributed by atoms with Crippen molar-refractivity contribution in [2.45, 2.75) is 32.2 Å². The zero-order valence-electron chi connectivity index (χ0n) is 12.2. The summed E-state index contributed by atoms with van der Waals surface area (Å²) in [5.41, 5.74) is 3.63. The van der Waals surface area contributed by atoms with Gasteiger partial charge >= 0.3 is 0 Å². The molecule has 106 valence electrons. The van der Waals surface area contributed by atoms with Gasteiger partial charge in [0.15, 0.2) is 0 Å². The Morgan fingerprint density at radius 3 is 2.30 bits per heavy atom. The second-order valence-electron chi connectivity index (χ2n) is 5.39. The van der Waals surface area contributed by atoms with Crippen molar-refractivity contribution < 1.29 is 5.11 Å². The van der Waals surface area contributed by atoms with Gasteiger partial charge in [-0.05, 0) is 36.5 Å². The summed E-state index contributed by atoms with van der Waals surface area (Å²) < 4.78 is 0. The molecule has 0 saturated carbocycles. The Morgan fingerprint density at radius 1 is 1.00 bits per heavy atom. The summed E-state index contributed by atoms with van der Waals surface area (Å²) >= 11 is 0. The number of aliphatic hydroxyl groups excluding tert-OH is 1. The summed E-state index contributed by atoms with van der Waals surface area (Å²) in [4.78, 5) is 0. The van der Waals surface area contributed by atoms with E-state index < -0.39 is 0 Å². The van der Waals surface area contributed by atoms with Crippen LogP contribution < -0.4 is 5.32 Å². The Bertz CT molecular complexity index is 524.